The Morgan fingerprint density at radius 2 is 2.16 bits per heavy atom. The van der Waals surface area contributed by atoms with Crippen molar-refractivity contribution in [3.63, 3.8) is 0 Å². The van der Waals surface area contributed by atoms with Crippen LogP contribution in [-0.2, 0) is 11.3 Å². The zero-order valence-electron chi connectivity index (χ0n) is 11.6. The van der Waals surface area contributed by atoms with Crippen molar-refractivity contribution in [2.24, 2.45) is 5.73 Å². The second-order valence-electron chi connectivity index (χ2n) is 5.25. The number of ether oxygens (including phenoxy) is 1. The van der Waals surface area contributed by atoms with Gasteiger partial charge in [0, 0.05) is 24.2 Å². The number of carbonyl (C=O) groups excluding carboxylic acids is 1. The molecule has 5 heteroatoms. The van der Waals surface area contributed by atoms with Crippen LogP contribution in [0.3, 0.4) is 0 Å². The minimum absolute atomic E-state index is 0.307. The lowest BCUT2D eigenvalue weighted by Gasteiger charge is -2.33. The Hall–Kier alpha value is -1.33. The fourth-order valence-corrected chi connectivity index (χ4v) is 2.67. The topological polar surface area (TPSA) is 68.7 Å². The molecule has 0 aliphatic heterocycles. The van der Waals surface area contributed by atoms with E-state index in [0.717, 1.165) is 31.2 Å². The van der Waals surface area contributed by atoms with Crippen LogP contribution in [0.1, 0.15) is 41.8 Å². The number of furan rings is 1. The molecule has 0 aromatic carbocycles. The molecule has 1 aromatic rings. The molecule has 1 saturated carbocycles. The lowest BCUT2D eigenvalue weighted by molar-refractivity contribution is 0.0561. The summed E-state index contributed by atoms with van der Waals surface area (Å²) in [6.45, 7) is 0.695. The van der Waals surface area contributed by atoms with Crippen molar-refractivity contribution >= 4 is 5.97 Å². The lowest BCUT2D eigenvalue weighted by Crippen LogP contribution is -2.38. The van der Waals surface area contributed by atoms with Gasteiger partial charge in [0.05, 0.1) is 13.4 Å². The quantitative estimate of drug-likeness (QED) is 0.841. The fourth-order valence-electron chi connectivity index (χ4n) is 2.67. The van der Waals surface area contributed by atoms with Gasteiger partial charge < -0.3 is 14.9 Å². The van der Waals surface area contributed by atoms with Crippen molar-refractivity contribution in [1.82, 2.24) is 4.90 Å². The Morgan fingerprint density at radius 1 is 1.47 bits per heavy atom. The standard InChI is InChI=1S/C14H22N2O3/c1-16(12-5-3-11(15)4-6-12)9-10-7-8-19-13(10)14(17)18-2/h7-8,11-12H,3-6,9,15H2,1-2H3. The van der Waals surface area contributed by atoms with Crippen LogP contribution in [0.4, 0.5) is 0 Å². The highest BCUT2D eigenvalue weighted by atomic mass is 16.5. The molecule has 0 spiro atoms. The van der Waals surface area contributed by atoms with E-state index in [1.807, 2.05) is 6.07 Å². The molecule has 0 radical (unpaired) electrons. The number of hydrogen-bond acceptors (Lipinski definition) is 5. The van der Waals surface area contributed by atoms with Gasteiger partial charge >= 0.3 is 5.97 Å². The fraction of sp³-hybridized carbons (Fsp3) is 0.643. The third kappa shape index (κ3) is 3.36. The van der Waals surface area contributed by atoms with Gasteiger partial charge in [0.2, 0.25) is 5.76 Å². The summed E-state index contributed by atoms with van der Waals surface area (Å²) in [7, 11) is 3.44. The van der Waals surface area contributed by atoms with Crippen LogP contribution in [0.2, 0.25) is 0 Å². The van der Waals surface area contributed by atoms with E-state index in [9.17, 15) is 4.79 Å². The smallest absolute Gasteiger partial charge is 0.374 e. The Balaban J connectivity index is 1.97. The third-order valence-electron chi connectivity index (χ3n) is 3.90. The maximum atomic E-state index is 11.5. The molecule has 2 rings (SSSR count). The monoisotopic (exact) mass is 266 g/mol. The summed E-state index contributed by atoms with van der Waals surface area (Å²) >= 11 is 0. The molecular weight excluding hydrogens is 244 g/mol. The summed E-state index contributed by atoms with van der Waals surface area (Å²) in [5.74, 6) is -0.110. The van der Waals surface area contributed by atoms with Crippen LogP contribution in [-0.4, -0.2) is 37.1 Å². The van der Waals surface area contributed by atoms with Gasteiger partial charge in [0.1, 0.15) is 0 Å². The molecule has 1 aromatic heterocycles. The average Bonchev–Trinajstić information content (AvgIpc) is 2.86. The Labute approximate surface area is 113 Å². The maximum absolute atomic E-state index is 11.5. The summed E-state index contributed by atoms with van der Waals surface area (Å²) in [4.78, 5) is 13.8. The summed E-state index contributed by atoms with van der Waals surface area (Å²) in [6.07, 6.45) is 5.91. The molecule has 0 amide bonds. The van der Waals surface area contributed by atoms with E-state index in [0.29, 0.717) is 24.4 Å². The van der Waals surface area contributed by atoms with E-state index >= 15 is 0 Å². The molecule has 1 fully saturated rings. The molecule has 0 atom stereocenters. The lowest BCUT2D eigenvalue weighted by atomic mass is 9.91. The number of nitrogens with zero attached hydrogens (tertiary/aromatic N) is 1. The molecular formula is C14H22N2O3. The first kappa shape index (κ1) is 14.1. The van der Waals surface area contributed by atoms with Crippen LogP contribution in [0, 0.1) is 0 Å². The zero-order chi connectivity index (χ0) is 13.8. The van der Waals surface area contributed by atoms with E-state index < -0.39 is 5.97 Å². The van der Waals surface area contributed by atoms with Crippen molar-refractivity contribution in [3.8, 4) is 0 Å². The SMILES string of the molecule is COC(=O)c1occc1CN(C)C1CCC(N)CC1. The van der Waals surface area contributed by atoms with Crippen molar-refractivity contribution in [1.29, 1.82) is 0 Å². The molecule has 0 bridgehead atoms. The first-order valence-electron chi connectivity index (χ1n) is 6.72. The van der Waals surface area contributed by atoms with Crippen LogP contribution >= 0.6 is 0 Å². The molecule has 19 heavy (non-hydrogen) atoms. The predicted octanol–water partition coefficient (Wildman–Crippen LogP) is 1.77. The Kier molecular flexibility index (Phi) is 4.61. The Morgan fingerprint density at radius 3 is 2.79 bits per heavy atom. The largest absolute Gasteiger partial charge is 0.463 e. The second kappa shape index (κ2) is 6.21. The average molecular weight is 266 g/mol. The number of hydrogen-bond donors (Lipinski definition) is 1. The molecule has 5 nitrogen and oxygen atoms in total. The molecule has 1 aliphatic rings. The third-order valence-corrected chi connectivity index (χ3v) is 3.90. The van der Waals surface area contributed by atoms with E-state index in [1.54, 1.807) is 0 Å². The van der Waals surface area contributed by atoms with Gasteiger partial charge in [-0.2, -0.15) is 0 Å². The molecule has 106 valence electrons. The van der Waals surface area contributed by atoms with Gasteiger partial charge in [0.15, 0.2) is 0 Å². The zero-order valence-corrected chi connectivity index (χ0v) is 11.6. The number of esters is 1. The van der Waals surface area contributed by atoms with E-state index in [1.165, 1.54) is 13.4 Å². The minimum atomic E-state index is -0.418. The highest BCUT2D eigenvalue weighted by Gasteiger charge is 2.24. The van der Waals surface area contributed by atoms with E-state index in [2.05, 4.69) is 11.9 Å². The normalized spacial score (nSPS) is 23.6. The number of methoxy groups -OCH3 is 1. The van der Waals surface area contributed by atoms with Gasteiger partial charge in [-0.1, -0.05) is 0 Å². The van der Waals surface area contributed by atoms with Gasteiger partial charge in [0.25, 0.3) is 0 Å². The van der Waals surface area contributed by atoms with E-state index in [-0.39, 0.29) is 0 Å². The van der Waals surface area contributed by atoms with Crippen LogP contribution in [0.25, 0.3) is 0 Å². The number of rotatable bonds is 4. The highest BCUT2D eigenvalue weighted by Crippen LogP contribution is 2.23. The van der Waals surface area contributed by atoms with Crippen molar-refractivity contribution in [3.05, 3.63) is 23.7 Å². The van der Waals surface area contributed by atoms with Gasteiger partial charge in [-0.3, -0.25) is 4.90 Å². The van der Waals surface area contributed by atoms with Gasteiger partial charge in [-0.05, 0) is 38.8 Å². The van der Waals surface area contributed by atoms with Crippen LogP contribution < -0.4 is 5.73 Å². The first-order valence-corrected chi connectivity index (χ1v) is 6.72. The van der Waals surface area contributed by atoms with Crippen molar-refractivity contribution < 1.29 is 13.9 Å². The molecule has 2 N–H and O–H groups in total. The predicted molar refractivity (Wildman–Crippen MR) is 71.7 cm³/mol. The summed E-state index contributed by atoms with van der Waals surface area (Å²) < 4.78 is 9.91. The van der Waals surface area contributed by atoms with E-state index in [4.69, 9.17) is 14.9 Å². The molecule has 1 heterocycles. The van der Waals surface area contributed by atoms with Crippen LogP contribution in [0.5, 0.6) is 0 Å². The molecule has 0 unspecified atom stereocenters. The maximum Gasteiger partial charge on any atom is 0.374 e. The summed E-state index contributed by atoms with van der Waals surface area (Å²) in [6, 6.07) is 2.71. The number of nitrogens with two attached hydrogens (primary N) is 1. The highest BCUT2D eigenvalue weighted by molar-refractivity contribution is 5.87. The van der Waals surface area contributed by atoms with Crippen molar-refractivity contribution in [2.45, 2.75) is 44.3 Å². The number of carbonyl (C=O) groups is 1. The van der Waals surface area contributed by atoms with Gasteiger partial charge in [-0.25, -0.2) is 4.79 Å². The van der Waals surface area contributed by atoms with Crippen molar-refractivity contribution in [2.75, 3.05) is 14.2 Å². The summed E-state index contributed by atoms with van der Waals surface area (Å²) in [5, 5.41) is 0. The Bertz CT molecular complexity index is 422. The van der Waals surface area contributed by atoms with Crippen LogP contribution in [0.15, 0.2) is 16.7 Å². The summed E-state index contributed by atoms with van der Waals surface area (Å²) in [5.41, 5.74) is 6.80. The minimum Gasteiger partial charge on any atom is -0.463 e. The van der Waals surface area contributed by atoms with Gasteiger partial charge in [-0.15, -0.1) is 0 Å². The molecule has 1 aliphatic carbocycles. The second-order valence-corrected chi connectivity index (χ2v) is 5.25. The molecule has 0 saturated heterocycles. The first-order chi connectivity index (χ1) is 9.11.